The molecule has 124 valence electrons. The second kappa shape index (κ2) is 7.18. The standard InChI is InChI=1S/C17H28N2O3/c1-13-8-11-21-15(13)12-18-14-6-5-9-19(10-7-14)16(20)22-17(2,3)4/h8,11,14,18H,5-7,9-10,12H2,1-4H3. The Morgan fingerprint density at radius 3 is 2.82 bits per heavy atom. The number of nitrogens with zero attached hydrogens (tertiary/aromatic N) is 1. The van der Waals surface area contributed by atoms with Crippen LogP contribution in [0, 0.1) is 6.92 Å². The molecule has 0 radical (unpaired) electrons. The van der Waals surface area contributed by atoms with Gasteiger partial charge in [0.05, 0.1) is 12.8 Å². The number of furan rings is 1. The molecule has 5 heteroatoms. The maximum absolute atomic E-state index is 12.1. The summed E-state index contributed by atoms with van der Waals surface area (Å²) >= 11 is 0. The first-order valence-corrected chi connectivity index (χ1v) is 8.09. The van der Waals surface area contributed by atoms with E-state index in [0.717, 1.165) is 44.7 Å². The van der Waals surface area contributed by atoms with Crippen LogP contribution in [0.3, 0.4) is 0 Å². The van der Waals surface area contributed by atoms with Gasteiger partial charge in [0.25, 0.3) is 0 Å². The molecule has 1 saturated heterocycles. The summed E-state index contributed by atoms with van der Waals surface area (Å²) in [6.07, 6.45) is 4.53. The lowest BCUT2D eigenvalue weighted by atomic mass is 10.1. The van der Waals surface area contributed by atoms with E-state index in [1.165, 1.54) is 5.56 Å². The van der Waals surface area contributed by atoms with Crippen LogP contribution in [-0.4, -0.2) is 35.7 Å². The molecule has 1 unspecified atom stereocenters. The number of carbonyl (C=O) groups is 1. The summed E-state index contributed by atoms with van der Waals surface area (Å²) in [7, 11) is 0. The van der Waals surface area contributed by atoms with Crippen LogP contribution >= 0.6 is 0 Å². The number of ether oxygens (including phenoxy) is 1. The number of nitrogens with one attached hydrogen (secondary N) is 1. The molecule has 1 aliphatic rings. The van der Waals surface area contributed by atoms with Gasteiger partial charge in [-0.1, -0.05) is 0 Å². The van der Waals surface area contributed by atoms with Crippen LogP contribution in [0.4, 0.5) is 4.79 Å². The molecule has 1 aliphatic heterocycles. The topological polar surface area (TPSA) is 54.7 Å². The fourth-order valence-electron chi connectivity index (χ4n) is 2.63. The first-order chi connectivity index (χ1) is 10.3. The molecule has 1 amide bonds. The second-order valence-corrected chi connectivity index (χ2v) is 7.00. The molecule has 0 bridgehead atoms. The molecule has 0 spiro atoms. The third-order valence-corrected chi connectivity index (χ3v) is 3.90. The van der Waals surface area contributed by atoms with Gasteiger partial charge in [-0.25, -0.2) is 4.79 Å². The molecule has 1 N–H and O–H groups in total. The van der Waals surface area contributed by atoms with Crippen molar-refractivity contribution in [3.8, 4) is 0 Å². The Morgan fingerprint density at radius 2 is 2.18 bits per heavy atom. The number of hydrogen-bond acceptors (Lipinski definition) is 4. The number of rotatable bonds is 3. The van der Waals surface area contributed by atoms with Gasteiger partial charge in [-0.15, -0.1) is 0 Å². The highest BCUT2D eigenvalue weighted by atomic mass is 16.6. The Bertz CT molecular complexity index is 490. The maximum atomic E-state index is 12.1. The minimum atomic E-state index is -0.433. The maximum Gasteiger partial charge on any atom is 0.410 e. The van der Waals surface area contributed by atoms with E-state index in [1.54, 1.807) is 6.26 Å². The van der Waals surface area contributed by atoms with E-state index in [9.17, 15) is 4.79 Å². The Kier molecular flexibility index (Phi) is 5.51. The van der Waals surface area contributed by atoms with E-state index in [4.69, 9.17) is 9.15 Å². The van der Waals surface area contributed by atoms with Gasteiger partial charge in [0, 0.05) is 19.1 Å². The van der Waals surface area contributed by atoms with Crippen LogP contribution in [0.1, 0.15) is 51.4 Å². The van der Waals surface area contributed by atoms with Gasteiger partial charge in [0.1, 0.15) is 11.4 Å². The highest BCUT2D eigenvalue weighted by Crippen LogP contribution is 2.16. The van der Waals surface area contributed by atoms with E-state index in [1.807, 2.05) is 31.7 Å². The molecule has 2 heterocycles. The van der Waals surface area contributed by atoms with Crippen LogP contribution in [0.25, 0.3) is 0 Å². The first kappa shape index (κ1) is 16.9. The summed E-state index contributed by atoms with van der Waals surface area (Å²) in [6, 6.07) is 2.39. The molecular weight excluding hydrogens is 280 g/mol. The normalized spacial score (nSPS) is 19.8. The summed E-state index contributed by atoms with van der Waals surface area (Å²) in [5.41, 5.74) is 0.745. The van der Waals surface area contributed by atoms with Crippen molar-refractivity contribution in [3.63, 3.8) is 0 Å². The molecule has 2 rings (SSSR count). The fourth-order valence-corrected chi connectivity index (χ4v) is 2.63. The molecule has 1 aromatic rings. The molecule has 1 aromatic heterocycles. The summed E-state index contributed by atoms with van der Waals surface area (Å²) in [6.45, 7) is 10.0. The van der Waals surface area contributed by atoms with Crippen molar-refractivity contribution >= 4 is 6.09 Å². The zero-order chi connectivity index (χ0) is 16.2. The monoisotopic (exact) mass is 308 g/mol. The Balaban J connectivity index is 1.80. The molecule has 0 saturated carbocycles. The van der Waals surface area contributed by atoms with Crippen LogP contribution < -0.4 is 5.32 Å². The van der Waals surface area contributed by atoms with Crippen molar-refractivity contribution < 1.29 is 13.9 Å². The molecule has 22 heavy (non-hydrogen) atoms. The quantitative estimate of drug-likeness (QED) is 0.929. The predicted molar refractivity (Wildman–Crippen MR) is 85.7 cm³/mol. The Hall–Kier alpha value is -1.49. The smallest absolute Gasteiger partial charge is 0.410 e. The lowest BCUT2D eigenvalue weighted by Gasteiger charge is -2.26. The average molecular weight is 308 g/mol. The molecule has 1 atom stereocenters. The van der Waals surface area contributed by atoms with Gasteiger partial charge in [0.15, 0.2) is 0 Å². The zero-order valence-corrected chi connectivity index (χ0v) is 14.1. The van der Waals surface area contributed by atoms with Gasteiger partial charge in [-0.3, -0.25) is 0 Å². The molecule has 5 nitrogen and oxygen atoms in total. The van der Waals surface area contributed by atoms with Gasteiger partial charge >= 0.3 is 6.09 Å². The van der Waals surface area contributed by atoms with Gasteiger partial charge in [-0.2, -0.15) is 0 Å². The first-order valence-electron chi connectivity index (χ1n) is 8.09. The van der Waals surface area contributed by atoms with E-state index < -0.39 is 5.60 Å². The van der Waals surface area contributed by atoms with E-state index in [2.05, 4.69) is 12.2 Å². The lowest BCUT2D eigenvalue weighted by molar-refractivity contribution is 0.0256. The van der Waals surface area contributed by atoms with Crippen molar-refractivity contribution in [2.75, 3.05) is 13.1 Å². The third-order valence-electron chi connectivity index (χ3n) is 3.90. The Labute approximate surface area is 133 Å². The molecular formula is C17H28N2O3. The fraction of sp³-hybridized carbons (Fsp3) is 0.706. The number of hydrogen-bond donors (Lipinski definition) is 1. The van der Waals surface area contributed by atoms with E-state index in [-0.39, 0.29) is 6.09 Å². The third kappa shape index (κ3) is 5.05. The highest BCUT2D eigenvalue weighted by molar-refractivity contribution is 5.68. The SMILES string of the molecule is Cc1ccoc1CNC1CCCN(C(=O)OC(C)(C)C)CC1. The number of likely N-dealkylation sites (tertiary alicyclic amines) is 1. The van der Waals surface area contributed by atoms with Crippen molar-refractivity contribution in [1.29, 1.82) is 0 Å². The van der Waals surface area contributed by atoms with Crippen molar-refractivity contribution in [1.82, 2.24) is 10.2 Å². The Morgan fingerprint density at radius 1 is 1.41 bits per heavy atom. The molecule has 0 aromatic carbocycles. The van der Waals surface area contributed by atoms with Crippen molar-refractivity contribution in [2.24, 2.45) is 0 Å². The second-order valence-electron chi connectivity index (χ2n) is 7.00. The van der Waals surface area contributed by atoms with Crippen LogP contribution in [0.5, 0.6) is 0 Å². The largest absolute Gasteiger partial charge is 0.468 e. The van der Waals surface area contributed by atoms with Gasteiger partial charge in [0.2, 0.25) is 0 Å². The minimum absolute atomic E-state index is 0.199. The van der Waals surface area contributed by atoms with Crippen LogP contribution in [0.2, 0.25) is 0 Å². The van der Waals surface area contributed by atoms with Crippen molar-refractivity contribution in [2.45, 2.75) is 65.1 Å². The number of carbonyl (C=O) groups excluding carboxylic acids is 1. The van der Waals surface area contributed by atoms with Crippen LogP contribution in [-0.2, 0) is 11.3 Å². The predicted octanol–water partition coefficient (Wildman–Crippen LogP) is 3.47. The minimum Gasteiger partial charge on any atom is -0.468 e. The number of amides is 1. The van der Waals surface area contributed by atoms with Crippen molar-refractivity contribution in [3.05, 3.63) is 23.7 Å². The summed E-state index contributed by atoms with van der Waals surface area (Å²) in [5, 5.41) is 3.54. The average Bonchev–Trinajstić information content (AvgIpc) is 2.69. The zero-order valence-electron chi connectivity index (χ0n) is 14.1. The van der Waals surface area contributed by atoms with Gasteiger partial charge < -0.3 is 19.4 Å². The molecule has 1 fully saturated rings. The van der Waals surface area contributed by atoms with E-state index >= 15 is 0 Å². The summed E-state index contributed by atoms with van der Waals surface area (Å²) in [4.78, 5) is 14.0. The highest BCUT2D eigenvalue weighted by Gasteiger charge is 2.25. The molecule has 0 aliphatic carbocycles. The lowest BCUT2D eigenvalue weighted by Crippen LogP contribution is -2.38. The van der Waals surface area contributed by atoms with Gasteiger partial charge in [-0.05, 0) is 58.6 Å². The number of aryl methyl sites for hydroxylation is 1. The van der Waals surface area contributed by atoms with Crippen LogP contribution in [0.15, 0.2) is 16.7 Å². The summed E-state index contributed by atoms with van der Waals surface area (Å²) in [5.74, 6) is 0.994. The van der Waals surface area contributed by atoms with E-state index in [0.29, 0.717) is 6.04 Å². The summed E-state index contributed by atoms with van der Waals surface area (Å²) < 4.78 is 10.9.